The average molecular weight is 371 g/mol. The van der Waals surface area contributed by atoms with Gasteiger partial charge in [0, 0.05) is 29.6 Å². The Morgan fingerprint density at radius 1 is 1.15 bits per heavy atom. The maximum Gasteiger partial charge on any atom is 0.253 e. The molecule has 0 atom stereocenters. The number of likely N-dealkylation sites (tertiary alicyclic amines) is 1. The molecule has 0 saturated carbocycles. The van der Waals surface area contributed by atoms with Gasteiger partial charge in [-0.25, -0.2) is 0 Å². The number of rotatable bonds is 5. The number of amides is 2. The molecule has 0 bridgehead atoms. The van der Waals surface area contributed by atoms with Crippen molar-refractivity contribution in [3.8, 4) is 0 Å². The largest absolute Gasteiger partial charge is 0.353 e. The van der Waals surface area contributed by atoms with Gasteiger partial charge in [0.1, 0.15) is 0 Å². The minimum Gasteiger partial charge on any atom is -0.353 e. The molecule has 0 aliphatic carbocycles. The Morgan fingerprint density at radius 3 is 2.42 bits per heavy atom. The van der Waals surface area contributed by atoms with E-state index in [1.54, 1.807) is 11.3 Å². The lowest BCUT2D eigenvalue weighted by Crippen LogP contribution is -2.46. The zero-order valence-corrected chi connectivity index (χ0v) is 16.2. The number of nitrogens with one attached hydrogen (secondary N) is 1. The van der Waals surface area contributed by atoms with Crippen LogP contribution < -0.4 is 5.32 Å². The summed E-state index contributed by atoms with van der Waals surface area (Å²) in [7, 11) is 0. The predicted octanol–water partition coefficient (Wildman–Crippen LogP) is 3.84. The van der Waals surface area contributed by atoms with E-state index in [-0.39, 0.29) is 17.9 Å². The highest BCUT2D eigenvalue weighted by Crippen LogP contribution is 2.18. The Bertz CT molecular complexity index is 730. The molecule has 1 saturated heterocycles. The van der Waals surface area contributed by atoms with Crippen LogP contribution in [-0.4, -0.2) is 35.8 Å². The minimum absolute atomic E-state index is 0.0708. The number of carbonyl (C=O) groups is 2. The molecule has 5 heteroatoms. The molecule has 0 spiro atoms. The topological polar surface area (TPSA) is 49.4 Å². The number of nitrogens with zero attached hydrogens (tertiary/aromatic N) is 1. The molecule has 26 heavy (non-hydrogen) atoms. The van der Waals surface area contributed by atoms with Gasteiger partial charge in [-0.1, -0.05) is 32.0 Å². The lowest BCUT2D eigenvalue weighted by molar-refractivity contribution is -0.121. The third-order valence-corrected chi connectivity index (χ3v) is 5.76. The molecule has 2 amide bonds. The first-order chi connectivity index (χ1) is 12.5. The fraction of sp³-hybridized carbons (Fsp3) is 0.429. The van der Waals surface area contributed by atoms with Crippen molar-refractivity contribution in [1.82, 2.24) is 10.2 Å². The summed E-state index contributed by atoms with van der Waals surface area (Å²) in [5, 5.41) is 5.09. The standard InChI is InChI=1S/C21H26N2O2S/c1-15(2)16-5-7-17(8-6-16)21(25)23-11-9-18(10-12-23)22-20(24)14-19-4-3-13-26-19/h3-8,13,15,18H,9-12,14H2,1-2H3,(H,22,24). The van der Waals surface area contributed by atoms with Crippen molar-refractivity contribution in [2.45, 2.75) is 45.1 Å². The summed E-state index contributed by atoms with van der Waals surface area (Å²) in [6.07, 6.45) is 2.07. The van der Waals surface area contributed by atoms with Crippen molar-refractivity contribution in [2.75, 3.05) is 13.1 Å². The normalized spacial score (nSPS) is 15.3. The number of benzene rings is 1. The molecular weight excluding hydrogens is 344 g/mol. The first kappa shape index (κ1) is 18.6. The fourth-order valence-corrected chi connectivity index (χ4v) is 3.97. The van der Waals surface area contributed by atoms with Gasteiger partial charge in [-0.3, -0.25) is 9.59 Å². The molecule has 1 aromatic heterocycles. The molecule has 1 N–H and O–H groups in total. The molecule has 0 unspecified atom stereocenters. The summed E-state index contributed by atoms with van der Waals surface area (Å²) < 4.78 is 0. The second kappa shape index (κ2) is 8.49. The van der Waals surface area contributed by atoms with Crippen LogP contribution in [0.3, 0.4) is 0 Å². The molecule has 4 nitrogen and oxygen atoms in total. The Labute approximate surface area is 159 Å². The van der Waals surface area contributed by atoms with Gasteiger partial charge in [0.15, 0.2) is 0 Å². The lowest BCUT2D eigenvalue weighted by Gasteiger charge is -2.32. The number of carbonyl (C=O) groups excluding carboxylic acids is 2. The van der Waals surface area contributed by atoms with E-state index in [0.29, 0.717) is 25.4 Å². The van der Waals surface area contributed by atoms with E-state index >= 15 is 0 Å². The van der Waals surface area contributed by atoms with Gasteiger partial charge in [-0.05, 0) is 47.9 Å². The summed E-state index contributed by atoms with van der Waals surface area (Å²) in [6, 6.07) is 12.0. The van der Waals surface area contributed by atoms with Crippen molar-refractivity contribution in [3.05, 3.63) is 57.8 Å². The Hall–Kier alpha value is -2.14. The molecule has 2 heterocycles. The van der Waals surface area contributed by atoms with Gasteiger partial charge >= 0.3 is 0 Å². The predicted molar refractivity (Wildman–Crippen MR) is 106 cm³/mol. The number of hydrogen-bond acceptors (Lipinski definition) is 3. The van der Waals surface area contributed by atoms with Crippen LogP contribution in [-0.2, 0) is 11.2 Å². The van der Waals surface area contributed by atoms with E-state index in [1.807, 2.05) is 46.7 Å². The smallest absolute Gasteiger partial charge is 0.253 e. The SMILES string of the molecule is CC(C)c1ccc(C(=O)N2CCC(NC(=O)Cc3cccs3)CC2)cc1. The fourth-order valence-electron chi connectivity index (χ4n) is 3.27. The van der Waals surface area contributed by atoms with Crippen LogP contribution in [0.4, 0.5) is 0 Å². The minimum atomic E-state index is 0.0708. The highest BCUT2D eigenvalue weighted by Gasteiger charge is 2.24. The highest BCUT2D eigenvalue weighted by molar-refractivity contribution is 7.10. The Balaban J connectivity index is 1.48. The van der Waals surface area contributed by atoms with Crippen molar-refractivity contribution in [3.63, 3.8) is 0 Å². The highest BCUT2D eigenvalue weighted by atomic mass is 32.1. The average Bonchev–Trinajstić information content (AvgIpc) is 3.14. The van der Waals surface area contributed by atoms with Gasteiger partial charge in [-0.2, -0.15) is 0 Å². The molecule has 3 rings (SSSR count). The zero-order chi connectivity index (χ0) is 18.5. The molecule has 1 aliphatic heterocycles. The molecule has 2 aromatic rings. The summed E-state index contributed by atoms with van der Waals surface area (Å²) in [6.45, 7) is 5.67. The first-order valence-corrected chi connectivity index (χ1v) is 10.1. The number of hydrogen-bond donors (Lipinski definition) is 1. The number of piperidine rings is 1. The summed E-state index contributed by atoms with van der Waals surface area (Å²) in [4.78, 5) is 27.8. The van der Waals surface area contributed by atoms with Crippen molar-refractivity contribution in [2.24, 2.45) is 0 Å². The number of thiophene rings is 1. The van der Waals surface area contributed by atoms with Crippen molar-refractivity contribution in [1.29, 1.82) is 0 Å². The molecule has 138 valence electrons. The van der Waals surface area contributed by atoms with Crippen LogP contribution in [0.1, 0.15) is 53.4 Å². The van der Waals surface area contributed by atoms with Crippen LogP contribution in [0.25, 0.3) is 0 Å². The van der Waals surface area contributed by atoms with E-state index in [2.05, 4.69) is 19.2 Å². The summed E-state index contributed by atoms with van der Waals surface area (Å²) in [5.41, 5.74) is 1.99. The van der Waals surface area contributed by atoms with Gasteiger partial charge in [0.25, 0.3) is 5.91 Å². The van der Waals surface area contributed by atoms with Gasteiger partial charge in [-0.15, -0.1) is 11.3 Å². The molecule has 1 fully saturated rings. The van der Waals surface area contributed by atoms with Gasteiger partial charge in [0.05, 0.1) is 6.42 Å². The first-order valence-electron chi connectivity index (χ1n) is 9.24. The lowest BCUT2D eigenvalue weighted by atomic mass is 10.0. The Kier molecular flexibility index (Phi) is 6.09. The zero-order valence-electron chi connectivity index (χ0n) is 15.4. The van der Waals surface area contributed by atoms with Crippen LogP contribution in [0, 0.1) is 0 Å². The van der Waals surface area contributed by atoms with Gasteiger partial charge in [0.2, 0.25) is 5.91 Å². The van der Waals surface area contributed by atoms with E-state index in [0.717, 1.165) is 23.3 Å². The maximum absolute atomic E-state index is 12.7. The van der Waals surface area contributed by atoms with Gasteiger partial charge < -0.3 is 10.2 Å². The Morgan fingerprint density at radius 2 is 1.85 bits per heavy atom. The summed E-state index contributed by atoms with van der Waals surface area (Å²) >= 11 is 1.60. The maximum atomic E-state index is 12.7. The third-order valence-electron chi connectivity index (χ3n) is 4.89. The molecular formula is C21H26N2O2S. The second-order valence-electron chi connectivity index (χ2n) is 7.17. The third kappa shape index (κ3) is 4.73. The quantitative estimate of drug-likeness (QED) is 0.869. The molecule has 1 aliphatic rings. The summed E-state index contributed by atoms with van der Waals surface area (Å²) in [5.74, 6) is 0.623. The van der Waals surface area contributed by atoms with Crippen molar-refractivity contribution < 1.29 is 9.59 Å². The van der Waals surface area contributed by atoms with E-state index in [9.17, 15) is 9.59 Å². The molecule has 0 radical (unpaired) electrons. The monoisotopic (exact) mass is 370 g/mol. The van der Waals surface area contributed by atoms with Crippen LogP contribution in [0.15, 0.2) is 41.8 Å². The van der Waals surface area contributed by atoms with Crippen LogP contribution in [0.5, 0.6) is 0 Å². The van der Waals surface area contributed by atoms with Crippen LogP contribution in [0.2, 0.25) is 0 Å². The second-order valence-corrected chi connectivity index (χ2v) is 8.20. The van der Waals surface area contributed by atoms with Crippen LogP contribution >= 0.6 is 11.3 Å². The van der Waals surface area contributed by atoms with E-state index in [1.165, 1.54) is 5.56 Å². The van der Waals surface area contributed by atoms with E-state index in [4.69, 9.17) is 0 Å². The van der Waals surface area contributed by atoms with E-state index < -0.39 is 0 Å². The van der Waals surface area contributed by atoms with Crippen molar-refractivity contribution >= 4 is 23.2 Å². The molecule has 1 aromatic carbocycles.